The fourth-order valence-electron chi connectivity index (χ4n) is 1.34. The number of nitrogens with one attached hydrogen (secondary N) is 1. The van der Waals surface area contributed by atoms with Crippen LogP contribution in [0, 0.1) is 5.92 Å². The van der Waals surface area contributed by atoms with Crippen LogP contribution in [-0.2, 0) is 0 Å². The van der Waals surface area contributed by atoms with E-state index in [1.807, 2.05) is 17.8 Å². The van der Waals surface area contributed by atoms with Gasteiger partial charge >= 0.3 is 0 Å². The summed E-state index contributed by atoms with van der Waals surface area (Å²) < 4.78 is 5.06. The van der Waals surface area contributed by atoms with Crippen LogP contribution in [0.4, 0.5) is 11.5 Å². The zero-order valence-electron chi connectivity index (χ0n) is 9.99. The molecule has 0 amide bonds. The van der Waals surface area contributed by atoms with E-state index in [2.05, 4.69) is 23.5 Å². The first-order chi connectivity index (χ1) is 7.67. The Hall–Kier alpha value is -1.10. The first-order valence-corrected chi connectivity index (χ1v) is 6.60. The number of methoxy groups -OCH3 is 1. The summed E-state index contributed by atoms with van der Waals surface area (Å²) in [4.78, 5) is 4.26. The Morgan fingerprint density at radius 3 is 2.94 bits per heavy atom. The van der Waals surface area contributed by atoms with Crippen LogP contribution in [0.5, 0.6) is 5.88 Å². The van der Waals surface area contributed by atoms with Gasteiger partial charge in [0.25, 0.3) is 0 Å². The van der Waals surface area contributed by atoms with E-state index in [9.17, 15) is 0 Å². The van der Waals surface area contributed by atoms with E-state index in [1.165, 1.54) is 0 Å². The summed E-state index contributed by atoms with van der Waals surface area (Å²) in [6.07, 6.45) is 2.11. The quantitative estimate of drug-likeness (QED) is 0.798. The van der Waals surface area contributed by atoms with E-state index in [4.69, 9.17) is 10.5 Å². The number of anilines is 2. The maximum absolute atomic E-state index is 5.69. The highest BCUT2D eigenvalue weighted by Gasteiger charge is 2.04. The number of rotatable bonds is 6. The van der Waals surface area contributed by atoms with E-state index in [-0.39, 0.29) is 0 Å². The van der Waals surface area contributed by atoms with Crippen LogP contribution in [0.15, 0.2) is 12.1 Å². The summed E-state index contributed by atoms with van der Waals surface area (Å²) in [5.41, 5.74) is 6.25. The van der Waals surface area contributed by atoms with Crippen LogP contribution < -0.4 is 15.8 Å². The van der Waals surface area contributed by atoms with Gasteiger partial charge in [0.1, 0.15) is 5.82 Å². The van der Waals surface area contributed by atoms with Gasteiger partial charge in [-0.1, -0.05) is 6.92 Å². The molecular weight excluding hydrogens is 222 g/mol. The van der Waals surface area contributed by atoms with E-state index in [0.717, 1.165) is 18.1 Å². The van der Waals surface area contributed by atoms with E-state index in [0.29, 0.717) is 17.5 Å². The lowest BCUT2D eigenvalue weighted by Gasteiger charge is -2.12. The van der Waals surface area contributed by atoms with Crippen molar-refractivity contribution in [3.05, 3.63) is 12.1 Å². The molecule has 0 saturated carbocycles. The minimum absolute atomic E-state index is 0.475. The summed E-state index contributed by atoms with van der Waals surface area (Å²) in [7, 11) is 1.57. The highest BCUT2D eigenvalue weighted by molar-refractivity contribution is 7.98. The van der Waals surface area contributed by atoms with Crippen molar-refractivity contribution in [2.75, 3.05) is 36.7 Å². The van der Waals surface area contributed by atoms with Gasteiger partial charge in [-0.2, -0.15) is 16.7 Å². The Bertz CT molecular complexity index is 333. The van der Waals surface area contributed by atoms with Crippen molar-refractivity contribution in [1.82, 2.24) is 4.98 Å². The van der Waals surface area contributed by atoms with Crippen molar-refractivity contribution in [1.29, 1.82) is 0 Å². The number of aromatic nitrogens is 1. The molecule has 0 bridgehead atoms. The van der Waals surface area contributed by atoms with E-state index < -0.39 is 0 Å². The average Bonchev–Trinajstić information content (AvgIpc) is 2.28. The van der Waals surface area contributed by atoms with Crippen LogP contribution >= 0.6 is 11.8 Å². The third-order valence-corrected chi connectivity index (χ3v) is 3.07. The predicted octanol–water partition coefficient (Wildman–Crippen LogP) is 2.08. The number of hydrogen-bond donors (Lipinski definition) is 2. The Morgan fingerprint density at radius 2 is 2.31 bits per heavy atom. The van der Waals surface area contributed by atoms with Crippen LogP contribution in [0.1, 0.15) is 6.92 Å². The molecule has 1 unspecified atom stereocenters. The smallest absolute Gasteiger partial charge is 0.238 e. The zero-order chi connectivity index (χ0) is 12.0. The highest BCUT2D eigenvalue weighted by Crippen LogP contribution is 2.20. The molecular formula is C11H19N3OS. The van der Waals surface area contributed by atoms with Crippen LogP contribution in [0.2, 0.25) is 0 Å². The number of nitrogens with two attached hydrogens (primary N) is 1. The maximum Gasteiger partial charge on any atom is 0.238 e. The molecule has 4 nitrogen and oxygen atoms in total. The van der Waals surface area contributed by atoms with Crippen molar-refractivity contribution >= 4 is 23.3 Å². The van der Waals surface area contributed by atoms with Gasteiger partial charge in [-0.25, -0.2) is 0 Å². The summed E-state index contributed by atoms with van der Waals surface area (Å²) in [6.45, 7) is 3.11. The topological polar surface area (TPSA) is 60.2 Å². The molecule has 16 heavy (non-hydrogen) atoms. The van der Waals surface area contributed by atoms with Gasteiger partial charge in [-0.3, -0.25) is 0 Å². The largest absolute Gasteiger partial charge is 0.479 e. The van der Waals surface area contributed by atoms with Crippen LogP contribution in [-0.4, -0.2) is 30.6 Å². The standard InChI is InChI=1S/C11H19N3OS/c1-8(7-16-3)6-13-10-5-4-9(12)11(14-10)15-2/h4-5,8H,6-7,12H2,1-3H3,(H,13,14). The SMILES string of the molecule is COc1nc(NCC(C)CSC)ccc1N. The number of ether oxygens (including phenoxy) is 1. The van der Waals surface area contributed by atoms with Crippen molar-refractivity contribution in [3.63, 3.8) is 0 Å². The second kappa shape index (κ2) is 6.48. The lowest BCUT2D eigenvalue weighted by molar-refractivity contribution is 0.401. The molecule has 3 N–H and O–H groups in total. The number of nitrogens with zero attached hydrogens (tertiary/aromatic N) is 1. The minimum Gasteiger partial charge on any atom is -0.479 e. The van der Waals surface area contributed by atoms with Crippen LogP contribution in [0.25, 0.3) is 0 Å². The Kier molecular flexibility index (Phi) is 5.25. The number of hydrogen-bond acceptors (Lipinski definition) is 5. The predicted molar refractivity (Wildman–Crippen MR) is 71.2 cm³/mol. The Balaban J connectivity index is 2.54. The summed E-state index contributed by atoms with van der Waals surface area (Å²) in [5, 5.41) is 3.27. The molecule has 0 aliphatic heterocycles. The minimum atomic E-state index is 0.475. The second-order valence-corrected chi connectivity index (χ2v) is 4.65. The average molecular weight is 241 g/mol. The summed E-state index contributed by atoms with van der Waals surface area (Å²) >= 11 is 1.85. The Morgan fingerprint density at radius 1 is 1.56 bits per heavy atom. The van der Waals surface area contributed by atoms with Crippen molar-refractivity contribution in [2.45, 2.75) is 6.92 Å². The monoisotopic (exact) mass is 241 g/mol. The summed E-state index contributed by atoms with van der Waals surface area (Å²) in [6, 6.07) is 3.66. The van der Waals surface area contributed by atoms with E-state index in [1.54, 1.807) is 13.2 Å². The molecule has 1 aromatic rings. The number of nitrogen functional groups attached to an aromatic ring is 1. The lowest BCUT2D eigenvalue weighted by atomic mass is 10.2. The number of thioether (sulfide) groups is 1. The lowest BCUT2D eigenvalue weighted by Crippen LogP contribution is -2.14. The maximum atomic E-state index is 5.69. The highest BCUT2D eigenvalue weighted by atomic mass is 32.2. The summed E-state index contributed by atoms with van der Waals surface area (Å²) in [5.74, 6) is 3.03. The molecule has 0 fully saturated rings. The van der Waals surface area contributed by atoms with Gasteiger partial charge < -0.3 is 15.8 Å². The molecule has 0 saturated heterocycles. The third-order valence-electron chi connectivity index (χ3n) is 2.17. The third kappa shape index (κ3) is 3.81. The van der Waals surface area contributed by atoms with Crippen LogP contribution in [0.3, 0.4) is 0 Å². The van der Waals surface area contributed by atoms with Gasteiger partial charge in [-0.05, 0) is 30.1 Å². The number of pyridine rings is 1. The van der Waals surface area contributed by atoms with Gasteiger partial charge in [0.05, 0.1) is 12.8 Å². The molecule has 0 aromatic carbocycles. The molecule has 0 spiro atoms. The molecule has 1 aromatic heterocycles. The zero-order valence-corrected chi connectivity index (χ0v) is 10.8. The first-order valence-electron chi connectivity index (χ1n) is 5.20. The molecule has 5 heteroatoms. The first kappa shape index (κ1) is 13.0. The van der Waals surface area contributed by atoms with Crippen molar-refractivity contribution in [2.24, 2.45) is 5.92 Å². The second-order valence-electron chi connectivity index (χ2n) is 3.74. The molecule has 0 aliphatic rings. The van der Waals surface area contributed by atoms with Gasteiger partial charge in [0.15, 0.2) is 0 Å². The molecule has 0 radical (unpaired) electrons. The molecule has 1 rings (SSSR count). The molecule has 0 aliphatic carbocycles. The molecule has 1 heterocycles. The van der Waals surface area contributed by atoms with Gasteiger partial charge in [0.2, 0.25) is 5.88 Å². The fourth-order valence-corrected chi connectivity index (χ4v) is 2.02. The van der Waals surface area contributed by atoms with Gasteiger partial charge in [-0.15, -0.1) is 0 Å². The fraction of sp³-hybridized carbons (Fsp3) is 0.545. The normalized spacial score (nSPS) is 12.2. The van der Waals surface area contributed by atoms with Crippen molar-refractivity contribution in [3.8, 4) is 5.88 Å². The van der Waals surface area contributed by atoms with Crippen molar-refractivity contribution < 1.29 is 4.74 Å². The Labute approximate surface area is 101 Å². The van der Waals surface area contributed by atoms with E-state index >= 15 is 0 Å². The van der Waals surface area contributed by atoms with Gasteiger partial charge in [0, 0.05) is 6.54 Å². The molecule has 90 valence electrons. The molecule has 1 atom stereocenters.